The average Bonchev–Trinajstić information content (AvgIpc) is 2.99. The maximum Gasteiger partial charge on any atom is 0.312 e. The standard InChI is InChI=1S/C16H24O5/c1-5-8(7-16(2,3)4)14(17)20-12-10-6-9-11(19-10)13(12)21-15(9)18/h8-13H,5-7H2,1-4H3. The molecule has 0 radical (unpaired) electrons. The summed E-state index contributed by atoms with van der Waals surface area (Å²) in [6.07, 6.45) is 0.975. The van der Waals surface area contributed by atoms with Gasteiger partial charge in [-0.3, -0.25) is 9.59 Å². The minimum absolute atomic E-state index is 0.0792. The van der Waals surface area contributed by atoms with E-state index < -0.39 is 12.2 Å². The topological polar surface area (TPSA) is 61.8 Å². The minimum atomic E-state index is -0.417. The van der Waals surface area contributed by atoms with Crippen LogP contribution in [0, 0.1) is 17.3 Å². The quantitative estimate of drug-likeness (QED) is 0.743. The number of carbonyl (C=O) groups is 2. The molecule has 118 valence electrons. The third-order valence-electron chi connectivity index (χ3n) is 4.72. The van der Waals surface area contributed by atoms with E-state index in [2.05, 4.69) is 20.8 Å². The Morgan fingerprint density at radius 3 is 2.71 bits per heavy atom. The van der Waals surface area contributed by atoms with Crippen LogP contribution in [0.1, 0.15) is 47.0 Å². The molecule has 0 aromatic heterocycles. The van der Waals surface area contributed by atoms with Crippen LogP contribution in [0.15, 0.2) is 0 Å². The van der Waals surface area contributed by atoms with Crippen molar-refractivity contribution in [3.8, 4) is 0 Å². The monoisotopic (exact) mass is 296 g/mol. The van der Waals surface area contributed by atoms with E-state index >= 15 is 0 Å². The Morgan fingerprint density at radius 2 is 2.10 bits per heavy atom. The van der Waals surface area contributed by atoms with Crippen molar-refractivity contribution in [2.45, 2.75) is 71.4 Å². The molecule has 3 saturated heterocycles. The molecule has 5 heteroatoms. The van der Waals surface area contributed by atoms with Crippen molar-refractivity contribution in [2.24, 2.45) is 17.3 Å². The fraction of sp³-hybridized carbons (Fsp3) is 0.875. The zero-order valence-corrected chi connectivity index (χ0v) is 13.1. The molecule has 0 aromatic rings. The summed E-state index contributed by atoms with van der Waals surface area (Å²) >= 11 is 0. The number of carbonyl (C=O) groups excluding carboxylic acids is 2. The summed E-state index contributed by atoms with van der Waals surface area (Å²) in [7, 11) is 0. The van der Waals surface area contributed by atoms with E-state index in [9.17, 15) is 9.59 Å². The van der Waals surface area contributed by atoms with E-state index in [0.29, 0.717) is 6.42 Å². The maximum absolute atomic E-state index is 12.4. The van der Waals surface area contributed by atoms with Gasteiger partial charge in [0.15, 0.2) is 12.2 Å². The van der Waals surface area contributed by atoms with Crippen molar-refractivity contribution in [3.63, 3.8) is 0 Å². The zero-order valence-electron chi connectivity index (χ0n) is 13.1. The largest absolute Gasteiger partial charge is 0.455 e. The summed E-state index contributed by atoms with van der Waals surface area (Å²) in [6, 6.07) is 0. The molecule has 0 aliphatic carbocycles. The lowest BCUT2D eigenvalue weighted by atomic mass is 9.83. The van der Waals surface area contributed by atoms with Gasteiger partial charge in [0.1, 0.15) is 6.10 Å². The van der Waals surface area contributed by atoms with Crippen LogP contribution in [0.5, 0.6) is 0 Å². The first-order valence-corrected chi connectivity index (χ1v) is 7.86. The van der Waals surface area contributed by atoms with Crippen LogP contribution in [0.3, 0.4) is 0 Å². The zero-order chi connectivity index (χ0) is 15.4. The fourth-order valence-corrected chi connectivity index (χ4v) is 3.75. The molecule has 2 bridgehead atoms. The smallest absolute Gasteiger partial charge is 0.312 e. The molecular formula is C16H24O5. The molecule has 6 atom stereocenters. The lowest BCUT2D eigenvalue weighted by Gasteiger charge is -2.27. The molecule has 0 aromatic carbocycles. The summed E-state index contributed by atoms with van der Waals surface area (Å²) < 4.78 is 16.7. The molecule has 5 nitrogen and oxygen atoms in total. The van der Waals surface area contributed by atoms with Gasteiger partial charge in [-0.15, -0.1) is 0 Å². The maximum atomic E-state index is 12.4. The lowest BCUT2D eigenvalue weighted by Crippen LogP contribution is -2.41. The van der Waals surface area contributed by atoms with Gasteiger partial charge >= 0.3 is 11.9 Å². The molecule has 3 fully saturated rings. The Labute approximate surface area is 125 Å². The fourth-order valence-electron chi connectivity index (χ4n) is 3.75. The highest BCUT2D eigenvalue weighted by Gasteiger charge is 2.65. The molecule has 3 heterocycles. The van der Waals surface area contributed by atoms with Gasteiger partial charge in [-0.25, -0.2) is 0 Å². The van der Waals surface area contributed by atoms with Crippen molar-refractivity contribution in [1.82, 2.24) is 0 Å². The third-order valence-corrected chi connectivity index (χ3v) is 4.72. The Hall–Kier alpha value is -1.10. The Kier molecular flexibility index (Phi) is 3.51. The Morgan fingerprint density at radius 1 is 1.38 bits per heavy atom. The van der Waals surface area contributed by atoms with Gasteiger partial charge in [0.2, 0.25) is 0 Å². The van der Waals surface area contributed by atoms with E-state index in [-0.39, 0.29) is 41.4 Å². The summed E-state index contributed by atoms with van der Waals surface area (Å²) in [5, 5.41) is 0. The second-order valence-electron chi connectivity index (χ2n) is 7.65. The first-order chi connectivity index (χ1) is 9.80. The Bertz CT molecular complexity index is 452. The predicted molar refractivity (Wildman–Crippen MR) is 74.4 cm³/mol. The van der Waals surface area contributed by atoms with E-state index in [1.807, 2.05) is 6.92 Å². The predicted octanol–water partition coefficient (Wildman–Crippen LogP) is 2.07. The molecule has 0 amide bonds. The molecule has 0 N–H and O–H groups in total. The number of esters is 2. The van der Waals surface area contributed by atoms with Crippen LogP contribution in [-0.4, -0.2) is 36.4 Å². The van der Waals surface area contributed by atoms with Crippen LogP contribution in [-0.2, 0) is 23.8 Å². The van der Waals surface area contributed by atoms with Crippen LogP contribution in [0.4, 0.5) is 0 Å². The Balaban J connectivity index is 1.64. The van der Waals surface area contributed by atoms with Crippen molar-refractivity contribution < 1.29 is 23.8 Å². The SMILES string of the molecule is CCC(CC(C)(C)C)C(=O)OC1C2CC3C(=O)OC1C3O2. The van der Waals surface area contributed by atoms with Gasteiger partial charge in [-0.1, -0.05) is 27.7 Å². The van der Waals surface area contributed by atoms with E-state index in [1.54, 1.807) is 0 Å². The molecule has 21 heavy (non-hydrogen) atoms. The van der Waals surface area contributed by atoms with E-state index in [0.717, 1.165) is 12.8 Å². The van der Waals surface area contributed by atoms with Crippen LogP contribution in [0.25, 0.3) is 0 Å². The van der Waals surface area contributed by atoms with Gasteiger partial charge in [0.25, 0.3) is 0 Å². The number of ether oxygens (including phenoxy) is 3. The normalized spacial score (nSPS) is 38.5. The second kappa shape index (κ2) is 4.97. The summed E-state index contributed by atoms with van der Waals surface area (Å²) in [5.74, 6) is -0.649. The summed E-state index contributed by atoms with van der Waals surface area (Å²) in [4.78, 5) is 24.1. The van der Waals surface area contributed by atoms with Crippen molar-refractivity contribution in [3.05, 3.63) is 0 Å². The summed E-state index contributed by atoms with van der Waals surface area (Å²) in [6.45, 7) is 8.35. The number of hydrogen-bond donors (Lipinski definition) is 0. The van der Waals surface area contributed by atoms with Gasteiger partial charge in [0, 0.05) is 0 Å². The summed E-state index contributed by atoms with van der Waals surface area (Å²) in [5.41, 5.74) is 0.0792. The number of fused-ring (bicyclic) bond motifs is 1. The highest BCUT2D eigenvalue weighted by atomic mass is 16.7. The molecule has 3 aliphatic rings. The molecule has 3 aliphatic heterocycles. The van der Waals surface area contributed by atoms with Gasteiger partial charge in [0.05, 0.1) is 17.9 Å². The lowest BCUT2D eigenvalue weighted by molar-refractivity contribution is -0.165. The molecule has 3 rings (SSSR count). The highest BCUT2D eigenvalue weighted by Crippen LogP contribution is 2.47. The van der Waals surface area contributed by atoms with Crippen LogP contribution >= 0.6 is 0 Å². The third kappa shape index (κ3) is 2.56. The van der Waals surface area contributed by atoms with E-state index in [4.69, 9.17) is 14.2 Å². The van der Waals surface area contributed by atoms with E-state index in [1.165, 1.54) is 0 Å². The average molecular weight is 296 g/mol. The van der Waals surface area contributed by atoms with Crippen LogP contribution < -0.4 is 0 Å². The van der Waals surface area contributed by atoms with Crippen molar-refractivity contribution in [1.29, 1.82) is 0 Å². The molecule has 6 unspecified atom stereocenters. The first kappa shape index (κ1) is 14.8. The van der Waals surface area contributed by atoms with Crippen LogP contribution in [0.2, 0.25) is 0 Å². The van der Waals surface area contributed by atoms with Gasteiger partial charge in [-0.05, 0) is 24.7 Å². The molecular weight excluding hydrogens is 272 g/mol. The number of rotatable bonds is 4. The van der Waals surface area contributed by atoms with Crippen molar-refractivity contribution >= 4 is 11.9 Å². The molecule has 0 spiro atoms. The van der Waals surface area contributed by atoms with Gasteiger partial charge in [-0.2, -0.15) is 0 Å². The van der Waals surface area contributed by atoms with Gasteiger partial charge < -0.3 is 14.2 Å². The molecule has 0 saturated carbocycles. The number of hydrogen-bond acceptors (Lipinski definition) is 5. The highest BCUT2D eigenvalue weighted by molar-refractivity contribution is 5.78. The minimum Gasteiger partial charge on any atom is -0.455 e. The second-order valence-corrected chi connectivity index (χ2v) is 7.65. The van der Waals surface area contributed by atoms with Crippen molar-refractivity contribution in [2.75, 3.05) is 0 Å². The first-order valence-electron chi connectivity index (χ1n) is 7.86.